The molecule has 4 nitrogen and oxygen atoms in total. The monoisotopic (exact) mass is 406 g/mol. The average molecular weight is 407 g/mol. The molecule has 2 aromatic heterocycles. The number of hydrogen-bond donors (Lipinski definition) is 0. The van der Waals surface area contributed by atoms with Crippen LogP contribution in [0, 0.1) is 13.8 Å². The van der Waals surface area contributed by atoms with Gasteiger partial charge in [-0.05, 0) is 31.9 Å². The lowest BCUT2D eigenvalue weighted by Gasteiger charge is -2.08. The van der Waals surface area contributed by atoms with E-state index in [4.69, 9.17) is 4.98 Å². The first-order chi connectivity index (χ1) is 13.7. The summed E-state index contributed by atoms with van der Waals surface area (Å²) in [5, 5.41) is 13.1. The van der Waals surface area contributed by atoms with E-state index in [1.807, 2.05) is 6.07 Å². The molecule has 0 aliphatic heterocycles. The third-order valence-corrected chi connectivity index (χ3v) is 6.62. The standard InChI is InChI=1S/C22H22N4S2/c1-4-26-20(18-11-7-5-9-15(18)2)24-25-22(26)28-14-17-13-27-21(23-17)19-12-8-6-10-16(19)3/h5-13H,4,14H2,1-3H3. The Labute approximate surface area is 173 Å². The van der Waals surface area contributed by atoms with E-state index in [0.29, 0.717) is 0 Å². The van der Waals surface area contributed by atoms with Gasteiger partial charge in [-0.15, -0.1) is 21.5 Å². The van der Waals surface area contributed by atoms with Crippen LogP contribution in [0.2, 0.25) is 0 Å². The number of thiazole rings is 1. The molecule has 2 aromatic carbocycles. The van der Waals surface area contributed by atoms with Gasteiger partial charge in [0, 0.05) is 28.8 Å². The van der Waals surface area contributed by atoms with Crippen LogP contribution in [0.4, 0.5) is 0 Å². The van der Waals surface area contributed by atoms with Crippen LogP contribution < -0.4 is 0 Å². The van der Waals surface area contributed by atoms with Gasteiger partial charge in [0.25, 0.3) is 0 Å². The predicted octanol–water partition coefficient (Wildman–Crippen LogP) is 6.00. The minimum Gasteiger partial charge on any atom is -0.302 e. The van der Waals surface area contributed by atoms with E-state index in [-0.39, 0.29) is 0 Å². The highest BCUT2D eigenvalue weighted by Gasteiger charge is 2.15. The van der Waals surface area contributed by atoms with Gasteiger partial charge in [-0.1, -0.05) is 60.3 Å². The summed E-state index contributed by atoms with van der Waals surface area (Å²) in [4.78, 5) is 4.83. The minimum absolute atomic E-state index is 0.786. The van der Waals surface area contributed by atoms with Crippen LogP contribution in [-0.4, -0.2) is 19.7 Å². The maximum absolute atomic E-state index is 4.83. The second-order valence-electron chi connectivity index (χ2n) is 6.61. The van der Waals surface area contributed by atoms with Crippen molar-refractivity contribution < 1.29 is 0 Å². The van der Waals surface area contributed by atoms with Gasteiger partial charge in [-0.3, -0.25) is 0 Å². The summed E-state index contributed by atoms with van der Waals surface area (Å²) in [7, 11) is 0. The summed E-state index contributed by atoms with van der Waals surface area (Å²) in [5.74, 6) is 1.72. The third-order valence-electron chi connectivity index (χ3n) is 4.70. The molecule has 0 aliphatic rings. The maximum atomic E-state index is 4.83. The SMILES string of the molecule is CCn1c(SCc2csc(-c3ccccc3C)n2)nnc1-c1ccccc1C. The molecule has 0 unspecified atom stereocenters. The van der Waals surface area contributed by atoms with Crippen LogP contribution in [0.3, 0.4) is 0 Å². The molecule has 0 atom stereocenters. The fourth-order valence-electron chi connectivity index (χ4n) is 3.15. The smallest absolute Gasteiger partial charge is 0.191 e. The zero-order chi connectivity index (χ0) is 19.5. The Morgan fingerprint density at radius 2 is 1.61 bits per heavy atom. The molecule has 0 spiro atoms. The van der Waals surface area contributed by atoms with Gasteiger partial charge in [0.1, 0.15) is 5.01 Å². The number of hydrogen-bond acceptors (Lipinski definition) is 5. The molecule has 28 heavy (non-hydrogen) atoms. The van der Waals surface area contributed by atoms with Crippen LogP contribution >= 0.6 is 23.1 Å². The van der Waals surface area contributed by atoms with E-state index in [1.54, 1.807) is 23.1 Å². The van der Waals surface area contributed by atoms with Crippen molar-refractivity contribution in [2.24, 2.45) is 0 Å². The number of thioether (sulfide) groups is 1. The first-order valence-corrected chi connectivity index (χ1v) is 11.2. The molecule has 0 bridgehead atoms. The largest absolute Gasteiger partial charge is 0.302 e. The molecule has 2 heterocycles. The molecular formula is C22H22N4S2. The number of aryl methyl sites for hydroxylation is 2. The molecule has 0 amide bonds. The predicted molar refractivity (Wildman–Crippen MR) is 118 cm³/mol. The molecule has 142 valence electrons. The van der Waals surface area contributed by atoms with Crippen LogP contribution in [0.25, 0.3) is 22.0 Å². The van der Waals surface area contributed by atoms with Crippen LogP contribution in [0.5, 0.6) is 0 Å². The summed E-state index contributed by atoms with van der Waals surface area (Å²) >= 11 is 3.39. The van der Waals surface area contributed by atoms with Gasteiger partial charge in [0.2, 0.25) is 0 Å². The van der Waals surface area contributed by atoms with Gasteiger partial charge >= 0.3 is 0 Å². The van der Waals surface area contributed by atoms with E-state index in [1.165, 1.54) is 16.7 Å². The van der Waals surface area contributed by atoms with Gasteiger partial charge in [-0.2, -0.15) is 0 Å². The number of benzene rings is 2. The van der Waals surface area contributed by atoms with Crippen molar-refractivity contribution in [3.63, 3.8) is 0 Å². The lowest BCUT2D eigenvalue weighted by molar-refractivity contribution is 0.687. The Kier molecular flexibility index (Phi) is 5.59. The van der Waals surface area contributed by atoms with Gasteiger partial charge in [-0.25, -0.2) is 4.98 Å². The van der Waals surface area contributed by atoms with Crippen LogP contribution in [-0.2, 0) is 12.3 Å². The van der Waals surface area contributed by atoms with Crippen LogP contribution in [0.15, 0.2) is 59.1 Å². The van der Waals surface area contributed by atoms with Crippen molar-refractivity contribution in [1.29, 1.82) is 0 Å². The van der Waals surface area contributed by atoms with Gasteiger partial charge in [0.05, 0.1) is 5.69 Å². The fraction of sp³-hybridized carbons (Fsp3) is 0.227. The van der Waals surface area contributed by atoms with E-state index in [0.717, 1.165) is 39.5 Å². The summed E-state index contributed by atoms with van der Waals surface area (Å²) in [6.45, 7) is 7.21. The van der Waals surface area contributed by atoms with E-state index in [2.05, 4.69) is 83.4 Å². The minimum atomic E-state index is 0.786. The Hall–Kier alpha value is -2.44. The van der Waals surface area contributed by atoms with Crippen molar-refractivity contribution in [2.75, 3.05) is 0 Å². The molecule has 0 radical (unpaired) electrons. The highest BCUT2D eigenvalue weighted by atomic mass is 32.2. The highest BCUT2D eigenvalue weighted by molar-refractivity contribution is 7.98. The zero-order valence-electron chi connectivity index (χ0n) is 16.2. The molecule has 4 aromatic rings. The van der Waals surface area contributed by atoms with E-state index < -0.39 is 0 Å². The quantitative estimate of drug-likeness (QED) is 0.369. The van der Waals surface area contributed by atoms with Crippen molar-refractivity contribution in [1.82, 2.24) is 19.7 Å². The number of aromatic nitrogens is 4. The highest BCUT2D eigenvalue weighted by Crippen LogP contribution is 2.31. The average Bonchev–Trinajstić information content (AvgIpc) is 3.33. The summed E-state index contributed by atoms with van der Waals surface area (Å²) in [6, 6.07) is 16.7. The van der Waals surface area contributed by atoms with E-state index >= 15 is 0 Å². The Balaban J connectivity index is 1.54. The molecule has 0 aliphatic carbocycles. The van der Waals surface area contributed by atoms with Gasteiger partial charge in [0.15, 0.2) is 11.0 Å². The Morgan fingerprint density at radius 3 is 2.29 bits per heavy atom. The topological polar surface area (TPSA) is 43.6 Å². The van der Waals surface area contributed by atoms with Crippen LogP contribution in [0.1, 0.15) is 23.7 Å². The molecule has 0 N–H and O–H groups in total. The summed E-state index contributed by atoms with van der Waals surface area (Å²) < 4.78 is 2.18. The molecule has 0 saturated heterocycles. The molecule has 0 saturated carbocycles. The fourth-order valence-corrected chi connectivity index (χ4v) is 5.06. The molecule has 4 rings (SSSR count). The second-order valence-corrected chi connectivity index (χ2v) is 8.41. The number of rotatable bonds is 6. The second kappa shape index (κ2) is 8.29. The van der Waals surface area contributed by atoms with Crippen molar-refractivity contribution in [3.8, 4) is 22.0 Å². The normalized spacial score (nSPS) is 11.1. The summed E-state index contributed by atoms with van der Waals surface area (Å²) in [6.07, 6.45) is 0. The maximum Gasteiger partial charge on any atom is 0.191 e. The lowest BCUT2D eigenvalue weighted by atomic mass is 10.1. The Bertz CT molecular complexity index is 1100. The molecular weight excluding hydrogens is 384 g/mol. The number of nitrogens with zero attached hydrogens (tertiary/aromatic N) is 4. The molecule has 0 fully saturated rings. The van der Waals surface area contributed by atoms with Crippen molar-refractivity contribution >= 4 is 23.1 Å². The first kappa shape index (κ1) is 18.9. The van der Waals surface area contributed by atoms with Crippen molar-refractivity contribution in [2.45, 2.75) is 38.2 Å². The lowest BCUT2D eigenvalue weighted by Crippen LogP contribution is -2.00. The Morgan fingerprint density at radius 1 is 0.929 bits per heavy atom. The first-order valence-electron chi connectivity index (χ1n) is 9.29. The van der Waals surface area contributed by atoms with Gasteiger partial charge < -0.3 is 4.57 Å². The van der Waals surface area contributed by atoms with Crippen molar-refractivity contribution in [3.05, 3.63) is 70.7 Å². The third kappa shape index (κ3) is 3.75. The summed E-state index contributed by atoms with van der Waals surface area (Å²) in [5.41, 5.74) is 5.89. The molecule has 6 heteroatoms. The van der Waals surface area contributed by atoms with E-state index in [9.17, 15) is 0 Å². The zero-order valence-corrected chi connectivity index (χ0v) is 17.8.